The van der Waals surface area contributed by atoms with E-state index >= 15 is 0 Å². The molecule has 2 heterocycles. The Labute approximate surface area is 104 Å². The van der Waals surface area contributed by atoms with Gasteiger partial charge in [0.05, 0.1) is 12.1 Å². The van der Waals surface area contributed by atoms with Crippen molar-refractivity contribution >= 4 is 22.2 Å². The number of hydrogen-bond donors (Lipinski definition) is 1. The summed E-state index contributed by atoms with van der Waals surface area (Å²) in [5.41, 5.74) is 8.29. The van der Waals surface area contributed by atoms with Crippen LogP contribution in [0.3, 0.4) is 0 Å². The first kappa shape index (κ1) is 10.6. The Kier molecular flexibility index (Phi) is 2.71. The van der Waals surface area contributed by atoms with Crippen LogP contribution in [-0.4, -0.2) is 4.57 Å². The summed E-state index contributed by atoms with van der Waals surface area (Å²) in [6.45, 7) is 1.52. The SMILES string of the molecule is NCc1cccc2ccn(Cc3cccs3)c12. The monoisotopic (exact) mass is 242 g/mol. The van der Waals surface area contributed by atoms with Crippen molar-refractivity contribution in [3.8, 4) is 0 Å². The Morgan fingerprint density at radius 1 is 1.12 bits per heavy atom. The van der Waals surface area contributed by atoms with E-state index in [0.717, 1.165) is 6.54 Å². The molecule has 86 valence electrons. The standard InChI is InChI=1S/C14H14N2S/c15-9-12-4-1-3-11-6-7-16(14(11)12)10-13-5-2-8-17-13/h1-8H,9-10,15H2. The van der Waals surface area contributed by atoms with Crippen LogP contribution in [0.5, 0.6) is 0 Å². The minimum absolute atomic E-state index is 0.589. The van der Waals surface area contributed by atoms with E-state index in [-0.39, 0.29) is 0 Å². The average molecular weight is 242 g/mol. The molecule has 0 aliphatic carbocycles. The van der Waals surface area contributed by atoms with Crippen LogP contribution in [0, 0.1) is 0 Å². The van der Waals surface area contributed by atoms with E-state index < -0.39 is 0 Å². The fraction of sp³-hybridized carbons (Fsp3) is 0.143. The quantitative estimate of drug-likeness (QED) is 0.751. The van der Waals surface area contributed by atoms with Gasteiger partial charge in [-0.25, -0.2) is 0 Å². The van der Waals surface area contributed by atoms with E-state index in [9.17, 15) is 0 Å². The summed E-state index contributed by atoms with van der Waals surface area (Å²) in [6.07, 6.45) is 2.14. The molecule has 0 unspecified atom stereocenters. The van der Waals surface area contributed by atoms with Gasteiger partial charge < -0.3 is 10.3 Å². The average Bonchev–Trinajstić information content (AvgIpc) is 2.99. The number of hydrogen-bond acceptors (Lipinski definition) is 2. The molecular formula is C14H14N2S. The molecule has 2 N–H and O–H groups in total. The molecule has 0 bridgehead atoms. The zero-order valence-corrected chi connectivity index (χ0v) is 10.3. The zero-order valence-electron chi connectivity index (χ0n) is 9.47. The molecule has 17 heavy (non-hydrogen) atoms. The molecule has 0 saturated carbocycles. The van der Waals surface area contributed by atoms with Crippen LogP contribution in [0.4, 0.5) is 0 Å². The maximum absolute atomic E-state index is 5.81. The van der Waals surface area contributed by atoms with Crippen molar-refractivity contribution in [3.63, 3.8) is 0 Å². The lowest BCUT2D eigenvalue weighted by molar-refractivity contribution is 0.844. The Morgan fingerprint density at radius 2 is 2.06 bits per heavy atom. The predicted octanol–water partition coefficient (Wildman–Crippen LogP) is 3.21. The molecule has 0 atom stereocenters. The molecule has 2 nitrogen and oxygen atoms in total. The molecule has 3 aromatic rings. The van der Waals surface area contributed by atoms with Crippen molar-refractivity contribution in [3.05, 3.63) is 58.4 Å². The predicted molar refractivity (Wildman–Crippen MR) is 73.3 cm³/mol. The first-order valence-corrected chi connectivity index (χ1v) is 6.55. The van der Waals surface area contributed by atoms with E-state index in [1.807, 2.05) is 0 Å². The normalized spacial score (nSPS) is 11.1. The van der Waals surface area contributed by atoms with Gasteiger partial charge in [0.25, 0.3) is 0 Å². The van der Waals surface area contributed by atoms with Crippen LogP contribution in [0.25, 0.3) is 10.9 Å². The molecule has 1 aromatic carbocycles. The van der Waals surface area contributed by atoms with Gasteiger partial charge in [-0.2, -0.15) is 0 Å². The van der Waals surface area contributed by atoms with Crippen LogP contribution in [-0.2, 0) is 13.1 Å². The molecule has 3 heteroatoms. The smallest absolute Gasteiger partial charge is 0.0569 e. The van der Waals surface area contributed by atoms with Crippen LogP contribution in [0.15, 0.2) is 48.0 Å². The van der Waals surface area contributed by atoms with Gasteiger partial charge in [0.15, 0.2) is 0 Å². The minimum atomic E-state index is 0.589. The highest BCUT2D eigenvalue weighted by Crippen LogP contribution is 2.22. The largest absolute Gasteiger partial charge is 0.342 e. The van der Waals surface area contributed by atoms with Crippen LogP contribution in [0.1, 0.15) is 10.4 Å². The lowest BCUT2D eigenvalue weighted by atomic mass is 10.1. The van der Waals surface area contributed by atoms with E-state index in [1.165, 1.54) is 21.3 Å². The second kappa shape index (κ2) is 4.35. The number of rotatable bonds is 3. The van der Waals surface area contributed by atoms with E-state index in [2.05, 4.69) is 52.5 Å². The summed E-state index contributed by atoms with van der Waals surface area (Å²) in [7, 11) is 0. The van der Waals surface area contributed by atoms with Crippen LogP contribution >= 0.6 is 11.3 Å². The second-order valence-electron chi connectivity index (χ2n) is 4.08. The summed E-state index contributed by atoms with van der Waals surface area (Å²) in [5.74, 6) is 0. The number of nitrogens with zero attached hydrogens (tertiary/aromatic N) is 1. The van der Waals surface area contributed by atoms with Crippen molar-refractivity contribution in [2.75, 3.05) is 0 Å². The van der Waals surface area contributed by atoms with Gasteiger partial charge in [-0.05, 0) is 28.5 Å². The maximum Gasteiger partial charge on any atom is 0.0569 e. The van der Waals surface area contributed by atoms with Gasteiger partial charge in [0, 0.05) is 17.6 Å². The molecule has 0 saturated heterocycles. The van der Waals surface area contributed by atoms with Crippen LogP contribution in [0.2, 0.25) is 0 Å². The molecule has 0 spiro atoms. The molecule has 0 radical (unpaired) electrons. The molecule has 3 rings (SSSR count). The van der Waals surface area contributed by atoms with E-state index in [0.29, 0.717) is 6.54 Å². The Balaban J connectivity index is 2.10. The Bertz CT molecular complexity index is 623. The molecular weight excluding hydrogens is 228 g/mol. The summed E-state index contributed by atoms with van der Waals surface area (Å²) >= 11 is 1.79. The summed E-state index contributed by atoms with van der Waals surface area (Å²) < 4.78 is 2.28. The lowest BCUT2D eigenvalue weighted by Gasteiger charge is -2.07. The summed E-state index contributed by atoms with van der Waals surface area (Å²) in [5, 5.41) is 3.38. The van der Waals surface area contributed by atoms with Crippen molar-refractivity contribution in [1.82, 2.24) is 4.57 Å². The van der Waals surface area contributed by atoms with E-state index in [4.69, 9.17) is 5.73 Å². The summed E-state index contributed by atoms with van der Waals surface area (Å²) in [6, 6.07) is 12.7. The maximum atomic E-state index is 5.81. The fourth-order valence-corrected chi connectivity index (χ4v) is 2.91. The zero-order chi connectivity index (χ0) is 11.7. The summed E-state index contributed by atoms with van der Waals surface area (Å²) in [4.78, 5) is 1.37. The third-order valence-corrected chi connectivity index (χ3v) is 3.86. The Morgan fingerprint density at radius 3 is 2.82 bits per heavy atom. The van der Waals surface area contributed by atoms with Crippen molar-refractivity contribution in [1.29, 1.82) is 0 Å². The highest BCUT2D eigenvalue weighted by molar-refractivity contribution is 7.09. The van der Waals surface area contributed by atoms with Gasteiger partial charge in [0.2, 0.25) is 0 Å². The van der Waals surface area contributed by atoms with Crippen molar-refractivity contribution in [2.24, 2.45) is 5.73 Å². The molecule has 2 aromatic heterocycles. The van der Waals surface area contributed by atoms with Gasteiger partial charge in [-0.15, -0.1) is 11.3 Å². The highest BCUT2D eigenvalue weighted by Gasteiger charge is 2.06. The van der Waals surface area contributed by atoms with Gasteiger partial charge >= 0.3 is 0 Å². The number of para-hydroxylation sites is 1. The van der Waals surface area contributed by atoms with Crippen molar-refractivity contribution in [2.45, 2.75) is 13.1 Å². The van der Waals surface area contributed by atoms with Crippen LogP contribution < -0.4 is 5.73 Å². The lowest BCUT2D eigenvalue weighted by Crippen LogP contribution is -2.02. The third kappa shape index (κ3) is 1.88. The first-order chi connectivity index (χ1) is 8.38. The van der Waals surface area contributed by atoms with E-state index in [1.54, 1.807) is 11.3 Å². The minimum Gasteiger partial charge on any atom is -0.342 e. The third-order valence-electron chi connectivity index (χ3n) is 3.00. The molecule has 0 amide bonds. The molecule has 0 fully saturated rings. The van der Waals surface area contributed by atoms with Gasteiger partial charge in [0.1, 0.15) is 0 Å². The van der Waals surface area contributed by atoms with Gasteiger partial charge in [-0.1, -0.05) is 24.3 Å². The number of nitrogens with two attached hydrogens (primary N) is 1. The number of benzene rings is 1. The second-order valence-corrected chi connectivity index (χ2v) is 5.11. The molecule has 0 aliphatic heterocycles. The topological polar surface area (TPSA) is 30.9 Å². The Hall–Kier alpha value is -1.58. The molecule has 0 aliphatic rings. The van der Waals surface area contributed by atoms with Gasteiger partial charge in [-0.3, -0.25) is 0 Å². The fourth-order valence-electron chi connectivity index (χ4n) is 2.21. The first-order valence-electron chi connectivity index (χ1n) is 5.67. The number of aromatic nitrogens is 1. The van der Waals surface area contributed by atoms with Crippen molar-refractivity contribution < 1.29 is 0 Å². The number of fused-ring (bicyclic) bond motifs is 1. The highest BCUT2D eigenvalue weighted by atomic mass is 32.1. The number of thiophene rings is 1.